The summed E-state index contributed by atoms with van der Waals surface area (Å²) in [6.45, 7) is 6.87. The summed E-state index contributed by atoms with van der Waals surface area (Å²) < 4.78 is 6.87. The highest BCUT2D eigenvalue weighted by atomic mass is 32.1. The number of thiol groups is 1. The molecule has 1 heterocycles. The third-order valence-corrected chi connectivity index (χ3v) is 2.63. The molecule has 80 valence electrons. The van der Waals surface area contributed by atoms with Gasteiger partial charge in [-0.2, -0.15) is 0 Å². The van der Waals surface area contributed by atoms with E-state index in [9.17, 15) is 0 Å². The molecule has 0 saturated carbocycles. The summed E-state index contributed by atoms with van der Waals surface area (Å²) in [5.41, 5.74) is 0.802. The van der Waals surface area contributed by atoms with Crippen molar-refractivity contribution in [1.82, 2.24) is 15.0 Å². The van der Waals surface area contributed by atoms with E-state index in [1.54, 1.807) is 0 Å². The molecule has 0 aliphatic rings. The van der Waals surface area contributed by atoms with E-state index in [-0.39, 0.29) is 5.60 Å². The molecular weight excluding hydrogens is 198 g/mol. The first-order valence-electron chi connectivity index (χ1n) is 4.79. The first-order chi connectivity index (χ1) is 6.57. The van der Waals surface area contributed by atoms with E-state index in [0.29, 0.717) is 0 Å². The van der Waals surface area contributed by atoms with Crippen LogP contribution in [0.15, 0.2) is 6.20 Å². The van der Waals surface area contributed by atoms with Gasteiger partial charge in [-0.3, -0.25) is 4.68 Å². The summed E-state index contributed by atoms with van der Waals surface area (Å²) in [7, 11) is 0. The molecule has 14 heavy (non-hydrogen) atoms. The Morgan fingerprint density at radius 2 is 2.29 bits per heavy atom. The molecule has 1 aromatic rings. The normalized spacial score (nSPS) is 12.0. The SMILES string of the molecule is CCc1cn(CCC(C)(C)OS)nn1. The summed E-state index contributed by atoms with van der Waals surface area (Å²) >= 11 is 3.83. The van der Waals surface area contributed by atoms with Crippen molar-refractivity contribution in [3.8, 4) is 0 Å². The molecule has 0 bridgehead atoms. The van der Waals surface area contributed by atoms with Gasteiger partial charge < -0.3 is 4.18 Å². The Hall–Kier alpha value is -0.550. The van der Waals surface area contributed by atoms with Crippen molar-refractivity contribution >= 4 is 12.9 Å². The van der Waals surface area contributed by atoms with Gasteiger partial charge in [0.05, 0.1) is 11.3 Å². The number of aryl methyl sites for hydroxylation is 2. The highest BCUT2D eigenvalue weighted by molar-refractivity contribution is 7.75. The molecule has 0 radical (unpaired) electrons. The van der Waals surface area contributed by atoms with Gasteiger partial charge in [-0.15, -0.1) is 5.10 Å². The third-order valence-electron chi connectivity index (χ3n) is 2.14. The number of rotatable bonds is 5. The summed E-state index contributed by atoms with van der Waals surface area (Å²) in [6, 6.07) is 0. The first kappa shape index (κ1) is 11.5. The average Bonchev–Trinajstić information content (AvgIpc) is 2.63. The Bertz CT molecular complexity index is 285. The van der Waals surface area contributed by atoms with Gasteiger partial charge in [0, 0.05) is 12.7 Å². The number of hydrogen-bond acceptors (Lipinski definition) is 4. The van der Waals surface area contributed by atoms with Crippen LogP contribution in [-0.2, 0) is 17.1 Å². The summed E-state index contributed by atoms with van der Waals surface area (Å²) in [4.78, 5) is 0. The van der Waals surface area contributed by atoms with E-state index in [1.807, 2.05) is 24.7 Å². The Labute approximate surface area is 90.3 Å². The molecule has 0 fully saturated rings. The number of hydrogen-bond donors (Lipinski definition) is 1. The maximum absolute atomic E-state index is 5.03. The molecule has 0 amide bonds. The third kappa shape index (κ3) is 3.31. The first-order valence-corrected chi connectivity index (χ1v) is 5.15. The lowest BCUT2D eigenvalue weighted by Gasteiger charge is -2.20. The molecule has 0 aliphatic carbocycles. The average molecular weight is 215 g/mol. The van der Waals surface area contributed by atoms with Crippen LogP contribution in [0, 0.1) is 0 Å². The maximum Gasteiger partial charge on any atom is 0.0824 e. The molecule has 0 spiro atoms. The van der Waals surface area contributed by atoms with Gasteiger partial charge in [0.2, 0.25) is 0 Å². The Morgan fingerprint density at radius 1 is 1.57 bits per heavy atom. The Kier molecular flexibility index (Phi) is 3.95. The predicted octanol–water partition coefficient (Wildman–Crippen LogP) is 1.87. The lowest BCUT2D eigenvalue weighted by Crippen LogP contribution is -2.22. The van der Waals surface area contributed by atoms with Crippen molar-refractivity contribution in [2.75, 3.05) is 0 Å². The van der Waals surface area contributed by atoms with Crippen molar-refractivity contribution in [2.45, 2.75) is 45.8 Å². The molecule has 0 saturated heterocycles. The van der Waals surface area contributed by atoms with Crippen molar-refractivity contribution in [2.24, 2.45) is 0 Å². The highest BCUT2D eigenvalue weighted by Crippen LogP contribution is 2.16. The van der Waals surface area contributed by atoms with Crippen LogP contribution in [0.2, 0.25) is 0 Å². The molecule has 0 atom stereocenters. The van der Waals surface area contributed by atoms with Crippen LogP contribution < -0.4 is 0 Å². The van der Waals surface area contributed by atoms with E-state index in [0.717, 1.165) is 25.1 Å². The minimum Gasteiger partial charge on any atom is -0.313 e. The van der Waals surface area contributed by atoms with Crippen LogP contribution in [0.25, 0.3) is 0 Å². The van der Waals surface area contributed by atoms with Crippen molar-refractivity contribution in [3.05, 3.63) is 11.9 Å². The standard InChI is InChI=1S/C9H17N3OS/c1-4-8-7-12(11-10-8)6-5-9(2,3)13-14/h7,14H,4-6H2,1-3H3. The fourth-order valence-electron chi connectivity index (χ4n) is 1.04. The van der Waals surface area contributed by atoms with Crippen LogP contribution >= 0.6 is 12.9 Å². The molecule has 5 heteroatoms. The lowest BCUT2D eigenvalue weighted by atomic mass is 10.1. The zero-order valence-electron chi connectivity index (χ0n) is 8.90. The lowest BCUT2D eigenvalue weighted by molar-refractivity contribution is 0.125. The Balaban J connectivity index is 2.45. The van der Waals surface area contributed by atoms with Crippen molar-refractivity contribution in [3.63, 3.8) is 0 Å². The molecule has 0 aliphatic heterocycles. The minimum atomic E-state index is -0.221. The quantitative estimate of drug-likeness (QED) is 0.602. The molecular formula is C9H17N3OS. The second-order valence-electron chi connectivity index (χ2n) is 3.93. The van der Waals surface area contributed by atoms with Gasteiger partial charge in [0.1, 0.15) is 0 Å². The van der Waals surface area contributed by atoms with Crippen LogP contribution in [0.3, 0.4) is 0 Å². The molecule has 0 N–H and O–H groups in total. The zero-order chi connectivity index (χ0) is 10.6. The number of aromatic nitrogens is 3. The fraction of sp³-hybridized carbons (Fsp3) is 0.778. The largest absolute Gasteiger partial charge is 0.313 e. The van der Waals surface area contributed by atoms with E-state index in [1.165, 1.54) is 0 Å². The summed E-state index contributed by atoms with van der Waals surface area (Å²) in [5, 5.41) is 8.02. The predicted molar refractivity (Wildman–Crippen MR) is 58.2 cm³/mol. The summed E-state index contributed by atoms with van der Waals surface area (Å²) in [5.74, 6) is 0. The Morgan fingerprint density at radius 3 is 2.79 bits per heavy atom. The van der Waals surface area contributed by atoms with Gasteiger partial charge in [-0.25, -0.2) is 0 Å². The van der Waals surface area contributed by atoms with Gasteiger partial charge >= 0.3 is 0 Å². The van der Waals surface area contributed by atoms with Gasteiger partial charge in [0.25, 0.3) is 0 Å². The van der Waals surface area contributed by atoms with Crippen LogP contribution in [0.4, 0.5) is 0 Å². The second kappa shape index (κ2) is 4.79. The molecule has 0 unspecified atom stereocenters. The molecule has 4 nitrogen and oxygen atoms in total. The van der Waals surface area contributed by atoms with E-state index in [4.69, 9.17) is 4.18 Å². The van der Waals surface area contributed by atoms with Gasteiger partial charge in [-0.1, -0.05) is 12.1 Å². The second-order valence-corrected chi connectivity index (χ2v) is 4.11. The monoisotopic (exact) mass is 215 g/mol. The molecule has 1 aromatic heterocycles. The van der Waals surface area contributed by atoms with Crippen LogP contribution in [0.5, 0.6) is 0 Å². The van der Waals surface area contributed by atoms with Gasteiger partial charge in [-0.05, 0) is 39.6 Å². The minimum absolute atomic E-state index is 0.221. The molecule has 0 aromatic carbocycles. The zero-order valence-corrected chi connectivity index (χ0v) is 9.79. The number of nitrogens with zero attached hydrogens (tertiary/aromatic N) is 3. The fourth-order valence-corrected chi connectivity index (χ4v) is 1.13. The highest BCUT2D eigenvalue weighted by Gasteiger charge is 2.17. The smallest absolute Gasteiger partial charge is 0.0824 e. The van der Waals surface area contributed by atoms with Crippen molar-refractivity contribution in [1.29, 1.82) is 0 Å². The van der Waals surface area contributed by atoms with E-state index < -0.39 is 0 Å². The van der Waals surface area contributed by atoms with Crippen LogP contribution in [-0.4, -0.2) is 20.6 Å². The van der Waals surface area contributed by atoms with E-state index >= 15 is 0 Å². The van der Waals surface area contributed by atoms with Gasteiger partial charge in [0.15, 0.2) is 0 Å². The van der Waals surface area contributed by atoms with Crippen molar-refractivity contribution < 1.29 is 4.18 Å². The van der Waals surface area contributed by atoms with Crippen LogP contribution in [0.1, 0.15) is 32.9 Å². The topological polar surface area (TPSA) is 39.9 Å². The van der Waals surface area contributed by atoms with E-state index in [2.05, 4.69) is 30.1 Å². The molecule has 1 rings (SSSR count). The maximum atomic E-state index is 5.03. The summed E-state index contributed by atoms with van der Waals surface area (Å²) in [6.07, 6.45) is 3.75.